The lowest BCUT2D eigenvalue weighted by molar-refractivity contribution is 0.415. The summed E-state index contributed by atoms with van der Waals surface area (Å²) >= 11 is 5.90. The molecule has 0 spiro atoms. The average Bonchev–Trinajstić information content (AvgIpc) is 2.47. The van der Waals surface area contributed by atoms with Crippen molar-refractivity contribution in [2.24, 2.45) is 0 Å². The van der Waals surface area contributed by atoms with Crippen LogP contribution in [0, 0.1) is 0 Å². The molecule has 13 heavy (non-hydrogen) atoms. The fourth-order valence-electron chi connectivity index (χ4n) is 1.16. The van der Waals surface area contributed by atoms with Crippen LogP contribution < -0.4 is 10.5 Å². The molecule has 0 fully saturated rings. The molecule has 0 aromatic carbocycles. The Balaban J connectivity index is 2.76. The molecule has 0 saturated heterocycles. The van der Waals surface area contributed by atoms with Crippen molar-refractivity contribution < 1.29 is 4.74 Å². The number of rotatable bonds is 1. The number of hydrogen-bond donors (Lipinski definition) is 1. The van der Waals surface area contributed by atoms with Crippen LogP contribution in [0.5, 0.6) is 5.75 Å². The molecule has 2 rings (SSSR count). The first-order chi connectivity index (χ1) is 6.22. The van der Waals surface area contributed by atoms with E-state index in [0.29, 0.717) is 16.6 Å². The van der Waals surface area contributed by atoms with Crippen LogP contribution in [0.25, 0.3) is 5.65 Å². The molecule has 0 aliphatic heterocycles. The van der Waals surface area contributed by atoms with Crippen LogP contribution in [0.15, 0.2) is 18.5 Å². The van der Waals surface area contributed by atoms with E-state index in [-0.39, 0.29) is 0 Å². The quantitative estimate of drug-likeness (QED) is 0.755. The second kappa shape index (κ2) is 2.81. The Hall–Kier alpha value is -1.42. The number of halogens is 1. The highest BCUT2D eigenvalue weighted by molar-refractivity contribution is 6.32. The van der Waals surface area contributed by atoms with Crippen molar-refractivity contribution in [2.75, 3.05) is 12.8 Å². The normalized spacial score (nSPS) is 10.6. The Morgan fingerprint density at radius 1 is 1.62 bits per heavy atom. The minimum atomic E-state index is 0.514. The van der Waals surface area contributed by atoms with Crippen molar-refractivity contribution in [3.8, 4) is 5.75 Å². The molecule has 0 bridgehead atoms. The van der Waals surface area contributed by atoms with Crippen LogP contribution in [0.4, 0.5) is 5.82 Å². The number of nitrogens with zero attached hydrogens (tertiary/aromatic N) is 2. The van der Waals surface area contributed by atoms with E-state index in [1.807, 2.05) is 0 Å². The summed E-state index contributed by atoms with van der Waals surface area (Å²) in [5.41, 5.74) is 6.36. The monoisotopic (exact) mass is 197 g/mol. The lowest BCUT2D eigenvalue weighted by atomic mass is 10.4. The summed E-state index contributed by atoms with van der Waals surface area (Å²) in [6.07, 6.45) is 3.25. The number of pyridine rings is 1. The molecule has 0 atom stereocenters. The first kappa shape index (κ1) is 8.19. The number of hydrogen-bond acceptors (Lipinski definition) is 3. The predicted octanol–water partition coefficient (Wildman–Crippen LogP) is 1.58. The SMILES string of the molecule is COc1cc2ncc(N)n2cc1Cl. The van der Waals surface area contributed by atoms with E-state index in [4.69, 9.17) is 22.1 Å². The second-order valence-electron chi connectivity index (χ2n) is 2.60. The van der Waals surface area contributed by atoms with Crippen molar-refractivity contribution in [1.82, 2.24) is 9.38 Å². The molecule has 2 heterocycles. The van der Waals surface area contributed by atoms with E-state index in [1.165, 1.54) is 0 Å². The Bertz CT molecular complexity index is 452. The first-order valence-electron chi connectivity index (χ1n) is 3.68. The Morgan fingerprint density at radius 2 is 2.38 bits per heavy atom. The zero-order chi connectivity index (χ0) is 9.42. The summed E-state index contributed by atoms with van der Waals surface area (Å²) in [6.45, 7) is 0. The van der Waals surface area contributed by atoms with Gasteiger partial charge in [-0.25, -0.2) is 4.98 Å². The van der Waals surface area contributed by atoms with Crippen LogP contribution in [0.2, 0.25) is 5.02 Å². The van der Waals surface area contributed by atoms with Gasteiger partial charge in [-0.3, -0.25) is 4.40 Å². The Kier molecular flexibility index (Phi) is 1.77. The van der Waals surface area contributed by atoms with Crippen molar-refractivity contribution in [1.29, 1.82) is 0 Å². The molecule has 0 aliphatic rings. The number of ether oxygens (including phenoxy) is 1. The van der Waals surface area contributed by atoms with Gasteiger partial charge in [0, 0.05) is 12.3 Å². The minimum absolute atomic E-state index is 0.514. The summed E-state index contributed by atoms with van der Waals surface area (Å²) in [5.74, 6) is 1.15. The molecular weight excluding hydrogens is 190 g/mol. The van der Waals surface area contributed by atoms with Gasteiger partial charge in [-0.2, -0.15) is 0 Å². The van der Waals surface area contributed by atoms with E-state index in [2.05, 4.69) is 4.98 Å². The van der Waals surface area contributed by atoms with Gasteiger partial charge in [0.25, 0.3) is 0 Å². The second-order valence-corrected chi connectivity index (χ2v) is 3.01. The lowest BCUT2D eigenvalue weighted by Crippen LogP contribution is -1.93. The van der Waals surface area contributed by atoms with Crippen molar-refractivity contribution >= 4 is 23.1 Å². The van der Waals surface area contributed by atoms with E-state index in [0.717, 1.165) is 5.65 Å². The highest BCUT2D eigenvalue weighted by atomic mass is 35.5. The molecule has 5 heteroatoms. The molecule has 4 nitrogen and oxygen atoms in total. The third kappa shape index (κ3) is 1.19. The summed E-state index contributed by atoms with van der Waals surface area (Å²) in [5, 5.41) is 0.514. The molecule has 0 radical (unpaired) electrons. The molecule has 0 saturated carbocycles. The van der Waals surface area contributed by atoms with E-state index >= 15 is 0 Å². The van der Waals surface area contributed by atoms with Gasteiger partial charge in [0.1, 0.15) is 17.2 Å². The summed E-state index contributed by atoms with van der Waals surface area (Å²) in [4.78, 5) is 4.07. The Labute approximate surface area is 79.9 Å². The number of fused-ring (bicyclic) bond motifs is 1. The van der Waals surface area contributed by atoms with Crippen LogP contribution in [-0.4, -0.2) is 16.5 Å². The third-order valence-electron chi connectivity index (χ3n) is 1.81. The van der Waals surface area contributed by atoms with Crippen molar-refractivity contribution in [3.63, 3.8) is 0 Å². The molecule has 0 amide bonds. The molecule has 2 N–H and O–H groups in total. The van der Waals surface area contributed by atoms with Gasteiger partial charge in [0.05, 0.1) is 18.3 Å². The molecule has 0 aliphatic carbocycles. The molecule has 2 aromatic heterocycles. The van der Waals surface area contributed by atoms with Crippen molar-refractivity contribution in [3.05, 3.63) is 23.5 Å². The number of aromatic nitrogens is 2. The number of imidazole rings is 1. The van der Waals surface area contributed by atoms with Crippen LogP contribution in [0.1, 0.15) is 0 Å². The van der Waals surface area contributed by atoms with Gasteiger partial charge in [-0.05, 0) is 0 Å². The third-order valence-corrected chi connectivity index (χ3v) is 2.10. The van der Waals surface area contributed by atoms with Gasteiger partial charge in [0.2, 0.25) is 0 Å². The smallest absolute Gasteiger partial charge is 0.142 e. The maximum Gasteiger partial charge on any atom is 0.142 e. The van der Waals surface area contributed by atoms with Crippen LogP contribution >= 0.6 is 11.6 Å². The zero-order valence-electron chi connectivity index (χ0n) is 6.99. The standard InChI is InChI=1S/C8H8ClN3O/c1-13-6-2-8-11-3-7(10)12(8)4-5(6)9/h2-4H,10H2,1H3. The number of nitrogens with two attached hydrogens (primary N) is 1. The molecule has 0 unspecified atom stereocenters. The zero-order valence-corrected chi connectivity index (χ0v) is 7.75. The number of anilines is 1. The number of nitrogen functional groups attached to an aromatic ring is 1. The Morgan fingerprint density at radius 3 is 3.08 bits per heavy atom. The fraction of sp³-hybridized carbons (Fsp3) is 0.125. The maximum absolute atomic E-state index is 5.90. The fourth-order valence-corrected chi connectivity index (χ4v) is 1.39. The molecule has 2 aromatic rings. The molecular formula is C8H8ClN3O. The van der Waals surface area contributed by atoms with E-state index in [1.54, 1.807) is 30.0 Å². The summed E-state index contributed by atoms with van der Waals surface area (Å²) in [6, 6.07) is 1.73. The minimum Gasteiger partial charge on any atom is -0.495 e. The lowest BCUT2D eigenvalue weighted by Gasteiger charge is -2.03. The topological polar surface area (TPSA) is 52.5 Å². The van der Waals surface area contributed by atoms with Gasteiger partial charge >= 0.3 is 0 Å². The van der Waals surface area contributed by atoms with Crippen LogP contribution in [0.3, 0.4) is 0 Å². The average molecular weight is 198 g/mol. The van der Waals surface area contributed by atoms with Crippen molar-refractivity contribution in [2.45, 2.75) is 0 Å². The van der Waals surface area contributed by atoms with Gasteiger partial charge in [0.15, 0.2) is 0 Å². The first-order valence-corrected chi connectivity index (χ1v) is 4.06. The van der Waals surface area contributed by atoms with Crippen LogP contribution in [-0.2, 0) is 0 Å². The highest BCUT2D eigenvalue weighted by Gasteiger charge is 2.05. The van der Waals surface area contributed by atoms with Gasteiger partial charge in [-0.15, -0.1) is 0 Å². The molecule has 68 valence electrons. The van der Waals surface area contributed by atoms with E-state index in [9.17, 15) is 0 Å². The van der Waals surface area contributed by atoms with E-state index < -0.39 is 0 Å². The van der Waals surface area contributed by atoms with Gasteiger partial charge < -0.3 is 10.5 Å². The highest BCUT2D eigenvalue weighted by Crippen LogP contribution is 2.26. The van der Waals surface area contributed by atoms with Gasteiger partial charge in [-0.1, -0.05) is 11.6 Å². The summed E-state index contributed by atoms with van der Waals surface area (Å²) in [7, 11) is 1.56. The summed E-state index contributed by atoms with van der Waals surface area (Å²) < 4.78 is 6.74. The number of methoxy groups -OCH3 is 1. The maximum atomic E-state index is 5.90. The largest absolute Gasteiger partial charge is 0.495 e. The predicted molar refractivity (Wildman–Crippen MR) is 51.2 cm³/mol.